The minimum absolute atomic E-state index is 0.586. The van der Waals surface area contributed by atoms with Crippen LogP contribution in [0.2, 0.25) is 0 Å². The number of methoxy groups -OCH3 is 2. The SMILES string of the molecule is CCOc1cc(-c2nc(-c3ccc(OC)cc3OC)cs2)ccn1. The summed E-state index contributed by atoms with van der Waals surface area (Å²) in [6.45, 7) is 2.52. The van der Waals surface area contributed by atoms with Crippen molar-refractivity contribution in [2.75, 3.05) is 20.8 Å². The van der Waals surface area contributed by atoms with Crippen LogP contribution in [0, 0.1) is 0 Å². The lowest BCUT2D eigenvalue weighted by Crippen LogP contribution is -1.94. The van der Waals surface area contributed by atoms with Crippen LogP contribution in [0.4, 0.5) is 0 Å². The van der Waals surface area contributed by atoms with Crippen LogP contribution in [0.15, 0.2) is 41.9 Å². The third-order valence-electron chi connectivity index (χ3n) is 3.46. The highest BCUT2D eigenvalue weighted by Crippen LogP contribution is 2.36. The third-order valence-corrected chi connectivity index (χ3v) is 4.35. The second-order valence-corrected chi connectivity index (χ2v) is 5.78. The zero-order valence-electron chi connectivity index (χ0n) is 13.8. The molecule has 3 aromatic rings. The van der Waals surface area contributed by atoms with Gasteiger partial charge < -0.3 is 14.2 Å². The summed E-state index contributed by atoms with van der Waals surface area (Å²) in [5, 5.41) is 2.92. The monoisotopic (exact) mass is 342 g/mol. The number of aromatic nitrogens is 2. The summed E-state index contributed by atoms with van der Waals surface area (Å²) in [5.74, 6) is 2.09. The lowest BCUT2D eigenvalue weighted by molar-refractivity contribution is 0.327. The summed E-state index contributed by atoms with van der Waals surface area (Å²) in [4.78, 5) is 8.92. The molecule has 2 aromatic heterocycles. The van der Waals surface area contributed by atoms with Gasteiger partial charge >= 0.3 is 0 Å². The standard InChI is InChI=1S/C18H18N2O3S/c1-4-23-17-9-12(7-8-19-17)18-20-15(11-24-18)14-6-5-13(21-2)10-16(14)22-3/h5-11H,4H2,1-3H3. The van der Waals surface area contributed by atoms with Gasteiger partial charge in [-0.25, -0.2) is 9.97 Å². The number of pyridine rings is 1. The van der Waals surface area contributed by atoms with Crippen molar-refractivity contribution in [1.29, 1.82) is 0 Å². The number of hydrogen-bond acceptors (Lipinski definition) is 6. The summed E-state index contributed by atoms with van der Waals surface area (Å²) in [5.41, 5.74) is 2.78. The van der Waals surface area contributed by atoms with Gasteiger partial charge in [-0.15, -0.1) is 11.3 Å². The summed E-state index contributed by atoms with van der Waals surface area (Å²) in [6.07, 6.45) is 1.73. The van der Waals surface area contributed by atoms with Gasteiger partial charge in [0.2, 0.25) is 5.88 Å². The number of nitrogens with zero attached hydrogens (tertiary/aromatic N) is 2. The molecule has 0 atom stereocenters. The molecule has 0 spiro atoms. The summed E-state index contributed by atoms with van der Waals surface area (Å²) in [6, 6.07) is 9.53. The second-order valence-electron chi connectivity index (χ2n) is 4.92. The van der Waals surface area contributed by atoms with Crippen molar-refractivity contribution in [1.82, 2.24) is 9.97 Å². The van der Waals surface area contributed by atoms with E-state index in [4.69, 9.17) is 19.2 Å². The molecule has 0 fully saturated rings. The molecule has 24 heavy (non-hydrogen) atoms. The van der Waals surface area contributed by atoms with Gasteiger partial charge in [0.25, 0.3) is 0 Å². The molecule has 0 saturated heterocycles. The first-order chi connectivity index (χ1) is 11.7. The Morgan fingerprint density at radius 1 is 1.08 bits per heavy atom. The van der Waals surface area contributed by atoms with Gasteiger partial charge in [0.15, 0.2) is 0 Å². The molecule has 0 aliphatic carbocycles. The zero-order valence-corrected chi connectivity index (χ0v) is 14.6. The molecule has 0 aliphatic rings. The van der Waals surface area contributed by atoms with Crippen molar-refractivity contribution in [2.45, 2.75) is 6.92 Å². The van der Waals surface area contributed by atoms with Crippen molar-refractivity contribution >= 4 is 11.3 Å². The predicted molar refractivity (Wildman–Crippen MR) is 95.1 cm³/mol. The highest BCUT2D eigenvalue weighted by Gasteiger charge is 2.12. The molecule has 5 nitrogen and oxygen atoms in total. The molecule has 2 heterocycles. The highest BCUT2D eigenvalue weighted by molar-refractivity contribution is 7.13. The van der Waals surface area contributed by atoms with Crippen LogP contribution in [0.25, 0.3) is 21.8 Å². The van der Waals surface area contributed by atoms with Gasteiger partial charge in [0.1, 0.15) is 16.5 Å². The fourth-order valence-electron chi connectivity index (χ4n) is 2.31. The first-order valence-corrected chi connectivity index (χ1v) is 8.40. The molecule has 1 aromatic carbocycles. The van der Waals surface area contributed by atoms with Crippen LogP contribution < -0.4 is 14.2 Å². The Kier molecular flexibility index (Phi) is 4.96. The predicted octanol–water partition coefficient (Wildman–Crippen LogP) is 4.29. The maximum atomic E-state index is 5.46. The molecule has 3 rings (SSSR count). The van der Waals surface area contributed by atoms with Gasteiger partial charge in [-0.3, -0.25) is 0 Å². The molecule has 0 N–H and O–H groups in total. The third kappa shape index (κ3) is 3.33. The Hall–Kier alpha value is -2.60. The number of benzene rings is 1. The van der Waals surface area contributed by atoms with Crippen LogP contribution >= 0.6 is 11.3 Å². The van der Waals surface area contributed by atoms with Gasteiger partial charge in [0, 0.05) is 34.8 Å². The summed E-state index contributed by atoms with van der Waals surface area (Å²) >= 11 is 1.57. The van der Waals surface area contributed by atoms with Crippen molar-refractivity contribution < 1.29 is 14.2 Å². The molecule has 0 radical (unpaired) electrons. The summed E-state index contributed by atoms with van der Waals surface area (Å²) in [7, 11) is 3.28. The van der Waals surface area contributed by atoms with Gasteiger partial charge in [-0.2, -0.15) is 0 Å². The molecular weight excluding hydrogens is 324 g/mol. The van der Waals surface area contributed by atoms with Crippen LogP contribution in [0.3, 0.4) is 0 Å². The lowest BCUT2D eigenvalue weighted by atomic mass is 10.1. The number of rotatable bonds is 6. The quantitative estimate of drug-likeness (QED) is 0.669. The maximum absolute atomic E-state index is 5.46. The Morgan fingerprint density at radius 3 is 2.71 bits per heavy atom. The van der Waals surface area contributed by atoms with E-state index >= 15 is 0 Å². The van der Waals surface area contributed by atoms with Gasteiger partial charge in [-0.1, -0.05) is 0 Å². The van der Waals surface area contributed by atoms with Gasteiger partial charge in [0.05, 0.1) is 26.5 Å². The van der Waals surface area contributed by atoms with Crippen LogP contribution in [0.1, 0.15) is 6.92 Å². The van der Waals surface area contributed by atoms with E-state index in [0.29, 0.717) is 12.5 Å². The smallest absolute Gasteiger partial charge is 0.213 e. The molecule has 0 saturated carbocycles. The number of hydrogen-bond donors (Lipinski definition) is 0. The Labute approximate surface area is 144 Å². The fraction of sp³-hybridized carbons (Fsp3) is 0.222. The molecule has 6 heteroatoms. The minimum atomic E-state index is 0.586. The lowest BCUT2D eigenvalue weighted by Gasteiger charge is -2.08. The van der Waals surface area contributed by atoms with Crippen molar-refractivity contribution in [2.24, 2.45) is 0 Å². The molecule has 0 amide bonds. The molecular formula is C18H18N2O3S. The second kappa shape index (κ2) is 7.31. The van der Waals surface area contributed by atoms with E-state index in [1.807, 2.05) is 42.6 Å². The largest absolute Gasteiger partial charge is 0.497 e. The van der Waals surface area contributed by atoms with Crippen molar-refractivity contribution in [3.05, 3.63) is 41.9 Å². The molecule has 124 valence electrons. The first kappa shape index (κ1) is 16.3. The van der Waals surface area contributed by atoms with E-state index in [1.54, 1.807) is 31.8 Å². The van der Waals surface area contributed by atoms with Crippen molar-refractivity contribution in [3.63, 3.8) is 0 Å². The Morgan fingerprint density at radius 2 is 1.96 bits per heavy atom. The fourth-order valence-corrected chi connectivity index (χ4v) is 3.13. The average Bonchev–Trinajstić information content (AvgIpc) is 3.11. The maximum Gasteiger partial charge on any atom is 0.213 e. The molecule has 0 unspecified atom stereocenters. The highest BCUT2D eigenvalue weighted by atomic mass is 32.1. The zero-order chi connectivity index (χ0) is 16.9. The number of thiazole rings is 1. The van der Waals surface area contributed by atoms with Crippen LogP contribution in [-0.2, 0) is 0 Å². The Bertz CT molecular complexity index is 833. The van der Waals surface area contributed by atoms with E-state index < -0.39 is 0 Å². The number of ether oxygens (including phenoxy) is 3. The van der Waals surface area contributed by atoms with Crippen LogP contribution in [-0.4, -0.2) is 30.8 Å². The topological polar surface area (TPSA) is 53.5 Å². The van der Waals surface area contributed by atoms with Crippen LogP contribution in [0.5, 0.6) is 17.4 Å². The Balaban J connectivity index is 1.95. The van der Waals surface area contributed by atoms with E-state index in [9.17, 15) is 0 Å². The van der Waals surface area contributed by atoms with E-state index in [2.05, 4.69) is 4.98 Å². The van der Waals surface area contributed by atoms with E-state index in [-0.39, 0.29) is 0 Å². The first-order valence-electron chi connectivity index (χ1n) is 7.52. The molecule has 0 aliphatic heterocycles. The van der Waals surface area contributed by atoms with E-state index in [1.165, 1.54) is 0 Å². The average molecular weight is 342 g/mol. The van der Waals surface area contributed by atoms with Crippen molar-refractivity contribution in [3.8, 4) is 39.2 Å². The molecule has 0 bridgehead atoms. The minimum Gasteiger partial charge on any atom is -0.497 e. The van der Waals surface area contributed by atoms with E-state index in [0.717, 1.165) is 33.3 Å². The summed E-state index contributed by atoms with van der Waals surface area (Å²) < 4.78 is 16.2. The normalized spacial score (nSPS) is 10.5. The van der Waals surface area contributed by atoms with Gasteiger partial charge in [-0.05, 0) is 25.1 Å².